The molecule has 1 aromatic carbocycles. The fourth-order valence-electron chi connectivity index (χ4n) is 1.56. The fourth-order valence-corrected chi connectivity index (χ4v) is 1.56. The Morgan fingerprint density at radius 3 is 2.52 bits per heavy atom. The van der Waals surface area contributed by atoms with Gasteiger partial charge in [0.1, 0.15) is 11.6 Å². The van der Waals surface area contributed by atoms with Crippen molar-refractivity contribution < 1.29 is 24.6 Å². The summed E-state index contributed by atoms with van der Waals surface area (Å²) in [5, 5.41) is 25.8. The second kappa shape index (κ2) is 7.13. The van der Waals surface area contributed by atoms with Crippen LogP contribution in [0.2, 0.25) is 0 Å². The number of urea groups is 1. The largest absolute Gasteiger partial charge is 0.505 e. The number of aromatic hydroxyl groups is 1. The monoisotopic (exact) mass is 295 g/mol. The zero-order chi connectivity index (χ0) is 16.0. The van der Waals surface area contributed by atoms with Crippen LogP contribution < -0.4 is 16.0 Å². The lowest BCUT2D eigenvalue weighted by Crippen LogP contribution is -2.46. The van der Waals surface area contributed by atoms with E-state index in [1.165, 1.54) is 25.1 Å². The average Bonchev–Trinajstić information content (AvgIpc) is 2.40. The van der Waals surface area contributed by atoms with Crippen LogP contribution in [-0.4, -0.2) is 40.7 Å². The first-order chi connectivity index (χ1) is 9.86. The topological polar surface area (TPSA) is 128 Å². The third-order valence-electron chi connectivity index (χ3n) is 2.61. The number of phenols is 1. The highest BCUT2D eigenvalue weighted by atomic mass is 16.4. The van der Waals surface area contributed by atoms with Crippen LogP contribution in [0.3, 0.4) is 0 Å². The predicted octanol–water partition coefficient (Wildman–Crippen LogP) is 0.736. The van der Waals surface area contributed by atoms with Gasteiger partial charge in [0.05, 0.1) is 5.69 Å². The van der Waals surface area contributed by atoms with Gasteiger partial charge in [-0.25, -0.2) is 9.59 Å². The van der Waals surface area contributed by atoms with Gasteiger partial charge in [-0.3, -0.25) is 4.79 Å². The second-order valence-corrected chi connectivity index (χ2v) is 4.22. The highest BCUT2D eigenvalue weighted by Crippen LogP contribution is 2.27. The molecule has 5 N–H and O–H groups in total. The van der Waals surface area contributed by atoms with Gasteiger partial charge in [0.2, 0.25) is 5.91 Å². The standard InChI is InChI=1S/C13H17N3O5/c1-3-14-11(18)7(2)15-13(21)16-9-6-4-5-8(10(9)17)12(19)20/h4-7,17H,3H2,1-2H3,(H,14,18)(H,19,20)(H2,15,16,21). The summed E-state index contributed by atoms with van der Waals surface area (Å²) in [6.45, 7) is 3.69. The molecule has 21 heavy (non-hydrogen) atoms. The van der Waals surface area contributed by atoms with Gasteiger partial charge in [-0.05, 0) is 26.0 Å². The van der Waals surface area contributed by atoms with Crippen molar-refractivity contribution in [2.45, 2.75) is 19.9 Å². The van der Waals surface area contributed by atoms with Crippen LogP contribution in [0.4, 0.5) is 10.5 Å². The van der Waals surface area contributed by atoms with Gasteiger partial charge in [-0.15, -0.1) is 0 Å². The van der Waals surface area contributed by atoms with Crippen LogP contribution >= 0.6 is 0 Å². The van der Waals surface area contributed by atoms with E-state index in [-0.39, 0.29) is 17.2 Å². The molecule has 8 heteroatoms. The molecule has 3 amide bonds. The highest BCUT2D eigenvalue weighted by Gasteiger charge is 2.17. The number of rotatable bonds is 5. The first-order valence-corrected chi connectivity index (χ1v) is 6.27. The number of carbonyl (C=O) groups excluding carboxylic acids is 2. The van der Waals surface area contributed by atoms with E-state index >= 15 is 0 Å². The predicted molar refractivity (Wildman–Crippen MR) is 75.4 cm³/mol. The van der Waals surface area contributed by atoms with Crippen molar-refractivity contribution in [3.05, 3.63) is 23.8 Å². The zero-order valence-electron chi connectivity index (χ0n) is 11.6. The van der Waals surface area contributed by atoms with Crippen LogP contribution in [0.15, 0.2) is 18.2 Å². The van der Waals surface area contributed by atoms with Gasteiger partial charge in [-0.1, -0.05) is 6.07 Å². The molecule has 0 aliphatic rings. The molecule has 0 heterocycles. The van der Waals surface area contributed by atoms with Crippen molar-refractivity contribution in [1.82, 2.24) is 10.6 Å². The normalized spacial score (nSPS) is 11.3. The Kier molecular flexibility index (Phi) is 5.53. The van der Waals surface area contributed by atoms with E-state index in [4.69, 9.17) is 5.11 Å². The minimum atomic E-state index is -1.31. The second-order valence-electron chi connectivity index (χ2n) is 4.22. The maximum absolute atomic E-state index is 11.7. The molecule has 0 radical (unpaired) electrons. The Bertz CT molecular complexity index is 559. The third kappa shape index (κ3) is 4.37. The molecule has 0 aliphatic carbocycles. The van der Waals surface area contributed by atoms with E-state index in [0.29, 0.717) is 6.54 Å². The number of carboxylic acid groups (broad SMARTS) is 1. The van der Waals surface area contributed by atoms with Crippen molar-refractivity contribution in [2.24, 2.45) is 0 Å². The lowest BCUT2D eigenvalue weighted by molar-refractivity contribution is -0.122. The van der Waals surface area contributed by atoms with Crippen LogP contribution in [0, 0.1) is 0 Å². The molecule has 0 aromatic heterocycles. The molecule has 1 unspecified atom stereocenters. The van der Waals surface area contributed by atoms with E-state index in [1.807, 2.05) is 0 Å². The zero-order valence-corrected chi connectivity index (χ0v) is 11.6. The minimum absolute atomic E-state index is 0.0597. The molecule has 0 aliphatic heterocycles. The maximum Gasteiger partial charge on any atom is 0.339 e. The number of hydrogen-bond donors (Lipinski definition) is 5. The van der Waals surface area contributed by atoms with Crippen LogP contribution in [-0.2, 0) is 4.79 Å². The van der Waals surface area contributed by atoms with E-state index in [9.17, 15) is 19.5 Å². The Labute approximate surface area is 121 Å². The van der Waals surface area contributed by atoms with Crippen molar-refractivity contribution in [1.29, 1.82) is 0 Å². The number of carboxylic acids is 1. The number of para-hydroxylation sites is 1. The molecule has 8 nitrogen and oxygen atoms in total. The van der Waals surface area contributed by atoms with Gasteiger partial charge in [0, 0.05) is 6.54 Å². The molecule has 1 aromatic rings. The quantitative estimate of drug-likeness (QED) is 0.512. The number of nitrogens with one attached hydrogen (secondary N) is 3. The average molecular weight is 295 g/mol. The van der Waals surface area contributed by atoms with Crippen molar-refractivity contribution in [3.8, 4) is 5.75 Å². The number of aromatic carboxylic acids is 1. The van der Waals surface area contributed by atoms with Crippen LogP contribution in [0.5, 0.6) is 5.75 Å². The van der Waals surface area contributed by atoms with E-state index in [0.717, 1.165) is 0 Å². The molecule has 1 atom stereocenters. The summed E-state index contributed by atoms with van der Waals surface area (Å²) in [6.07, 6.45) is 0. The van der Waals surface area contributed by atoms with E-state index in [2.05, 4.69) is 16.0 Å². The Morgan fingerprint density at radius 2 is 1.95 bits per heavy atom. The molecule has 0 bridgehead atoms. The lowest BCUT2D eigenvalue weighted by atomic mass is 10.1. The van der Waals surface area contributed by atoms with Crippen molar-refractivity contribution in [2.75, 3.05) is 11.9 Å². The first-order valence-electron chi connectivity index (χ1n) is 6.27. The van der Waals surface area contributed by atoms with Crippen molar-refractivity contribution in [3.63, 3.8) is 0 Å². The fraction of sp³-hybridized carbons (Fsp3) is 0.308. The SMILES string of the molecule is CCNC(=O)C(C)NC(=O)Nc1cccc(C(=O)O)c1O. The summed E-state index contributed by atoms with van der Waals surface area (Å²) in [5.74, 6) is -2.21. The molecule has 0 saturated carbocycles. The van der Waals surface area contributed by atoms with Gasteiger partial charge in [0.25, 0.3) is 0 Å². The van der Waals surface area contributed by atoms with E-state index in [1.54, 1.807) is 6.92 Å². The first kappa shape index (κ1) is 16.3. The molecular weight excluding hydrogens is 278 g/mol. The smallest absolute Gasteiger partial charge is 0.339 e. The number of amides is 3. The molecule has 1 rings (SSSR count). The van der Waals surface area contributed by atoms with Gasteiger partial charge in [-0.2, -0.15) is 0 Å². The van der Waals surface area contributed by atoms with Gasteiger partial charge < -0.3 is 26.2 Å². The summed E-state index contributed by atoms with van der Waals surface area (Å²) in [5.41, 5.74) is -0.389. The number of carbonyl (C=O) groups is 3. The molecular formula is C13H17N3O5. The van der Waals surface area contributed by atoms with Crippen LogP contribution in [0.1, 0.15) is 24.2 Å². The molecule has 0 saturated heterocycles. The maximum atomic E-state index is 11.7. The lowest BCUT2D eigenvalue weighted by Gasteiger charge is -2.15. The summed E-state index contributed by atoms with van der Waals surface area (Å²) in [7, 11) is 0. The van der Waals surface area contributed by atoms with Crippen LogP contribution in [0.25, 0.3) is 0 Å². The Morgan fingerprint density at radius 1 is 1.29 bits per heavy atom. The summed E-state index contributed by atoms with van der Waals surface area (Å²) < 4.78 is 0. The van der Waals surface area contributed by atoms with Gasteiger partial charge in [0.15, 0.2) is 5.75 Å². The number of likely N-dealkylation sites (N-methyl/N-ethyl adjacent to an activating group) is 1. The molecule has 0 spiro atoms. The number of hydrogen-bond acceptors (Lipinski definition) is 4. The van der Waals surface area contributed by atoms with E-state index < -0.39 is 23.8 Å². The Balaban J connectivity index is 2.74. The molecule has 0 fully saturated rings. The Hall–Kier alpha value is -2.77. The summed E-state index contributed by atoms with van der Waals surface area (Å²) in [4.78, 5) is 34.0. The summed E-state index contributed by atoms with van der Waals surface area (Å²) in [6, 6.07) is 2.43. The molecule has 114 valence electrons. The minimum Gasteiger partial charge on any atom is -0.505 e. The van der Waals surface area contributed by atoms with Gasteiger partial charge >= 0.3 is 12.0 Å². The van der Waals surface area contributed by atoms with Crippen molar-refractivity contribution >= 4 is 23.6 Å². The number of anilines is 1. The summed E-state index contributed by atoms with van der Waals surface area (Å²) >= 11 is 0. The third-order valence-corrected chi connectivity index (χ3v) is 2.61. The number of benzene rings is 1. The highest BCUT2D eigenvalue weighted by molar-refractivity contribution is 5.98.